The summed E-state index contributed by atoms with van der Waals surface area (Å²) in [5.41, 5.74) is 1.63. The van der Waals surface area contributed by atoms with Crippen molar-refractivity contribution in [1.82, 2.24) is 19.9 Å². The molecule has 12 heteroatoms. The summed E-state index contributed by atoms with van der Waals surface area (Å²) in [4.78, 5) is 29.4. The lowest BCUT2D eigenvalue weighted by Gasteiger charge is -2.44. The lowest BCUT2D eigenvalue weighted by molar-refractivity contribution is -0.126. The Kier molecular flexibility index (Phi) is 9.63. The van der Waals surface area contributed by atoms with E-state index in [2.05, 4.69) is 50.9 Å². The standard InChI is InChI=1S/C36H42FN7O4/c1-6-34(45)43-14-10-23(11-15-43)41-30-19-26-29(20-31(30)46-4)39-22-40-35(26)42-28-8-7-24(17-27(28)37)48-25-9-13-38-33(18-25)44-16-12-32(47-5)36(2,3)21-44/h6-9,13,17-20,22-23,32,41H,1,10-12,14-16,21H2,2-5H3,(H,39,40,42). The van der Waals surface area contributed by atoms with Gasteiger partial charge in [0.2, 0.25) is 5.91 Å². The molecule has 252 valence electrons. The van der Waals surface area contributed by atoms with Crippen LogP contribution in [0.1, 0.15) is 33.1 Å². The second-order valence-electron chi connectivity index (χ2n) is 12.9. The van der Waals surface area contributed by atoms with Crippen LogP contribution in [0.5, 0.6) is 17.2 Å². The average Bonchev–Trinajstić information content (AvgIpc) is 3.09. The topological polar surface area (TPSA) is 114 Å². The number of piperidine rings is 2. The minimum Gasteiger partial charge on any atom is -0.495 e. The Balaban J connectivity index is 1.16. The maximum absolute atomic E-state index is 15.5. The molecule has 4 heterocycles. The van der Waals surface area contributed by atoms with Gasteiger partial charge in [-0.1, -0.05) is 20.4 Å². The third-order valence-corrected chi connectivity index (χ3v) is 9.18. The fourth-order valence-corrected chi connectivity index (χ4v) is 6.59. The number of likely N-dealkylation sites (tertiary alicyclic amines) is 1. The van der Waals surface area contributed by atoms with Crippen LogP contribution < -0.4 is 25.0 Å². The van der Waals surface area contributed by atoms with E-state index in [0.717, 1.165) is 43.9 Å². The van der Waals surface area contributed by atoms with Crippen molar-refractivity contribution in [3.05, 3.63) is 73.5 Å². The molecule has 0 aliphatic carbocycles. The van der Waals surface area contributed by atoms with Crippen molar-refractivity contribution in [1.29, 1.82) is 0 Å². The first-order valence-corrected chi connectivity index (χ1v) is 16.2. The number of fused-ring (bicyclic) bond motifs is 1. The molecule has 0 radical (unpaired) electrons. The number of anilines is 4. The number of carbonyl (C=O) groups is 1. The number of halogens is 1. The van der Waals surface area contributed by atoms with Gasteiger partial charge in [0.15, 0.2) is 0 Å². The van der Waals surface area contributed by atoms with Crippen LogP contribution in [0.2, 0.25) is 0 Å². The number of methoxy groups -OCH3 is 2. The van der Waals surface area contributed by atoms with Crippen LogP contribution >= 0.6 is 0 Å². The largest absolute Gasteiger partial charge is 0.495 e. The van der Waals surface area contributed by atoms with Crippen LogP contribution in [-0.4, -0.2) is 78.3 Å². The molecule has 2 aromatic carbocycles. The molecule has 1 unspecified atom stereocenters. The van der Waals surface area contributed by atoms with Crippen molar-refractivity contribution in [2.45, 2.75) is 45.3 Å². The number of aromatic nitrogens is 3. The molecule has 6 rings (SSSR count). The Morgan fingerprint density at radius 1 is 1.00 bits per heavy atom. The van der Waals surface area contributed by atoms with Gasteiger partial charge in [0, 0.05) is 74.5 Å². The molecule has 2 saturated heterocycles. The van der Waals surface area contributed by atoms with Gasteiger partial charge in [-0.3, -0.25) is 4.79 Å². The van der Waals surface area contributed by atoms with Gasteiger partial charge >= 0.3 is 0 Å². The predicted octanol–water partition coefficient (Wildman–Crippen LogP) is 6.55. The molecule has 1 amide bonds. The highest BCUT2D eigenvalue weighted by Gasteiger charge is 2.36. The van der Waals surface area contributed by atoms with Gasteiger partial charge in [0.25, 0.3) is 0 Å². The van der Waals surface area contributed by atoms with Crippen molar-refractivity contribution in [2.75, 3.05) is 55.9 Å². The molecule has 0 saturated carbocycles. The zero-order valence-electron chi connectivity index (χ0n) is 27.8. The van der Waals surface area contributed by atoms with E-state index < -0.39 is 5.82 Å². The molecule has 2 fully saturated rings. The van der Waals surface area contributed by atoms with E-state index in [9.17, 15) is 4.79 Å². The molecule has 48 heavy (non-hydrogen) atoms. The Labute approximate surface area is 280 Å². The number of amides is 1. The summed E-state index contributed by atoms with van der Waals surface area (Å²) in [5, 5.41) is 7.39. The molecule has 2 aromatic heterocycles. The van der Waals surface area contributed by atoms with Crippen LogP contribution in [0.3, 0.4) is 0 Å². The van der Waals surface area contributed by atoms with Gasteiger partial charge in [-0.15, -0.1) is 0 Å². The second kappa shape index (κ2) is 14.0. The number of rotatable bonds is 10. The number of benzene rings is 2. The molecule has 2 aliphatic heterocycles. The first-order chi connectivity index (χ1) is 23.2. The maximum atomic E-state index is 15.5. The van der Waals surface area contributed by atoms with E-state index in [1.165, 1.54) is 18.5 Å². The van der Waals surface area contributed by atoms with Crippen molar-refractivity contribution in [3.63, 3.8) is 0 Å². The predicted molar refractivity (Wildman–Crippen MR) is 185 cm³/mol. The summed E-state index contributed by atoms with van der Waals surface area (Å²) in [6.07, 6.45) is 7.14. The lowest BCUT2D eigenvalue weighted by atomic mass is 9.81. The molecule has 1 atom stereocenters. The van der Waals surface area contributed by atoms with Gasteiger partial charge < -0.3 is 34.6 Å². The minimum atomic E-state index is -0.496. The quantitative estimate of drug-likeness (QED) is 0.182. The van der Waals surface area contributed by atoms with E-state index in [0.29, 0.717) is 47.1 Å². The Morgan fingerprint density at radius 2 is 1.79 bits per heavy atom. The third kappa shape index (κ3) is 7.13. The lowest BCUT2D eigenvalue weighted by Crippen LogP contribution is -2.49. The smallest absolute Gasteiger partial charge is 0.245 e. The molecule has 0 bridgehead atoms. The zero-order chi connectivity index (χ0) is 33.8. The Hall–Kier alpha value is -4.97. The average molecular weight is 656 g/mol. The van der Waals surface area contributed by atoms with Gasteiger partial charge in [-0.25, -0.2) is 19.3 Å². The minimum absolute atomic E-state index is 0.0252. The van der Waals surface area contributed by atoms with Crippen LogP contribution in [0.15, 0.2) is 67.6 Å². The summed E-state index contributed by atoms with van der Waals surface area (Å²) in [5.74, 6) is 2.27. The fraction of sp³-hybridized carbons (Fsp3) is 0.389. The van der Waals surface area contributed by atoms with Crippen molar-refractivity contribution in [2.24, 2.45) is 5.41 Å². The monoisotopic (exact) mass is 655 g/mol. The number of carbonyl (C=O) groups excluding carboxylic acids is 1. The number of ether oxygens (including phenoxy) is 3. The van der Waals surface area contributed by atoms with Crippen LogP contribution in [0.4, 0.5) is 27.4 Å². The highest BCUT2D eigenvalue weighted by atomic mass is 19.1. The van der Waals surface area contributed by atoms with Crippen LogP contribution in [-0.2, 0) is 9.53 Å². The number of nitrogens with one attached hydrogen (secondary N) is 2. The van der Waals surface area contributed by atoms with Gasteiger partial charge in [0.1, 0.15) is 41.0 Å². The van der Waals surface area contributed by atoms with Crippen LogP contribution in [0.25, 0.3) is 10.9 Å². The first-order valence-electron chi connectivity index (χ1n) is 16.2. The van der Waals surface area contributed by atoms with E-state index in [1.54, 1.807) is 43.5 Å². The van der Waals surface area contributed by atoms with Crippen molar-refractivity contribution >= 4 is 39.8 Å². The zero-order valence-corrected chi connectivity index (χ0v) is 27.8. The van der Waals surface area contributed by atoms with Gasteiger partial charge in [-0.2, -0.15) is 0 Å². The van der Waals surface area contributed by atoms with Crippen molar-refractivity contribution < 1.29 is 23.4 Å². The summed E-state index contributed by atoms with van der Waals surface area (Å²) in [7, 11) is 3.37. The molecule has 0 spiro atoms. The number of hydrogen-bond acceptors (Lipinski definition) is 10. The summed E-state index contributed by atoms with van der Waals surface area (Å²) < 4.78 is 32.9. The SMILES string of the molecule is C=CC(=O)N1CCC(Nc2cc3c(Nc4ccc(Oc5ccnc(N6CCC(OC)C(C)(C)C6)c5)cc4F)ncnc3cc2OC)CC1. The molecule has 2 aliphatic rings. The molecule has 4 aromatic rings. The van der Waals surface area contributed by atoms with Gasteiger partial charge in [0.05, 0.1) is 30.1 Å². The second-order valence-corrected chi connectivity index (χ2v) is 12.9. The molecule has 11 nitrogen and oxygen atoms in total. The Bertz CT molecular complexity index is 1790. The number of nitrogens with zero attached hydrogens (tertiary/aromatic N) is 5. The molecular weight excluding hydrogens is 613 g/mol. The summed E-state index contributed by atoms with van der Waals surface area (Å²) in [6, 6.07) is 12.2. The van der Waals surface area contributed by atoms with E-state index in [-0.39, 0.29) is 29.2 Å². The summed E-state index contributed by atoms with van der Waals surface area (Å²) >= 11 is 0. The highest BCUT2D eigenvalue weighted by Crippen LogP contribution is 2.37. The third-order valence-electron chi connectivity index (χ3n) is 9.18. The normalized spacial score (nSPS) is 18.0. The van der Waals surface area contributed by atoms with Crippen LogP contribution in [0, 0.1) is 11.2 Å². The van der Waals surface area contributed by atoms with E-state index in [1.807, 2.05) is 18.2 Å². The fourth-order valence-electron chi connectivity index (χ4n) is 6.59. The number of pyridine rings is 1. The van der Waals surface area contributed by atoms with E-state index >= 15 is 4.39 Å². The summed E-state index contributed by atoms with van der Waals surface area (Å²) in [6.45, 7) is 10.9. The highest BCUT2D eigenvalue weighted by molar-refractivity contribution is 5.95. The number of hydrogen-bond donors (Lipinski definition) is 2. The van der Waals surface area contributed by atoms with E-state index in [4.69, 9.17) is 14.2 Å². The molecule has 2 N–H and O–H groups in total. The first kappa shape index (κ1) is 33.0. The Morgan fingerprint density at radius 3 is 2.50 bits per heavy atom. The maximum Gasteiger partial charge on any atom is 0.245 e. The van der Waals surface area contributed by atoms with Gasteiger partial charge in [-0.05, 0) is 49.6 Å². The van der Waals surface area contributed by atoms with Crippen molar-refractivity contribution in [3.8, 4) is 17.2 Å². The molecular formula is C36H42FN7O4.